The molecule has 0 aliphatic rings. The minimum atomic E-state index is -0.914. The number of aromatic nitrogens is 2. The molecular formula is C16H18N2O2. The third-order valence-corrected chi connectivity index (χ3v) is 3.24. The molecule has 0 spiro atoms. The van der Waals surface area contributed by atoms with Crippen molar-refractivity contribution >= 4 is 5.97 Å². The standard InChI is InChI=1S/C16H18N2O2/c1-16(2,3)14(13-10-17-8-9-18-13)11-4-6-12(7-5-11)15(19)20/h4-10,14H,1-3H3,(H,19,20). The molecule has 0 amide bonds. The molecule has 20 heavy (non-hydrogen) atoms. The van der Waals surface area contributed by atoms with Gasteiger partial charge in [-0.15, -0.1) is 0 Å². The van der Waals surface area contributed by atoms with Crippen LogP contribution in [0.5, 0.6) is 0 Å². The van der Waals surface area contributed by atoms with Crippen molar-refractivity contribution in [2.75, 3.05) is 0 Å². The van der Waals surface area contributed by atoms with Gasteiger partial charge in [0.1, 0.15) is 0 Å². The first-order valence-corrected chi connectivity index (χ1v) is 6.49. The van der Waals surface area contributed by atoms with Gasteiger partial charge in [0.05, 0.1) is 11.3 Å². The summed E-state index contributed by atoms with van der Waals surface area (Å²) in [4.78, 5) is 19.5. The number of benzene rings is 1. The summed E-state index contributed by atoms with van der Waals surface area (Å²) in [5, 5.41) is 8.97. The van der Waals surface area contributed by atoms with Crippen LogP contribution in [0.25, 0.3) is 0 Å². The molecule has 0 saturated heterocycles. The summed E-state index contributed by atoms with van der Waals surface area (Å²) >= 11 is 0. The van der Waals surface area contributed by atoms with Crippen LogP contribution in [0, 0.1) is 5.41 Å². The first-order chi connectivity index (χ1) is 9.39. The Hall–Kier alpha value is -2.23. The van der Waals surface area contributed by atoms with E-state index < -0.39 is 5.97 Å². The number of nitrogens with zero attached hydrogens (tertiary/aromatic N) is 2. The van der Waals surface area contributed by atoms with E-state index in [4.69, 9.17) is 5.11 Å². The third kappa shape index (κ3) is 3.02. The van der Waals surface area contributed by atoms with E-state index in [0.29, 0.717) is 5.56 Å². The molecule has 0 fully saturated rings. The maximum atomic E-state index is 10.9. The third-order valence-electron chi connectivity index (χ3n) is 3.24. The molecule has 0 aliphatic heterocycles. The van der Waals surface area contributed by atoms with Crippen molar-refractivity contribution in [1.82, 2.24) is 9.97 Å². The van der Waals surface area contributed by atoms with Crippen LogP contribution >= 0.6 is 0 Å². The van der Waals surface area contributed by atoms with E-state index in [-0.39, 0.29) is 11.3 Å². The van der Waals surface area contributed by atoms with Crippen LogP contribution in [0.2, 0.25) is 0 Å². The van der Waals surface area contributed by atoms with Gasteiger partial charge in [-0.05, 0) is 23.1 Å². The van der Waals surface area contributed by atoms with Gasteiger partial charge < -0.3 is 5.11 Å². The summed E-state index contributed by atoms with van der Waals surface area (Å²) < 4.78 is 0. The molecule has 1 unspecified atom stereocenters. The van der Waals surface area contributed by atoms with Crippen LogP contribution in [0.4, 0.5) is 0 Å². The van der Waals surface area contributed by atoms with Gasteiger partial charge in [0.2, 0.25) is 0 Å². The summed E-state index contributed by atoms with van der Waals surface area (Å²) in [5.74, 6) is -0.845. The average molecular weight is 270 g/mol. The van der Waals surface area contributed by atoms with Gasteiger partial charge in [-0.1, -0.05) is 32.9 Å². The Balaban J connectivity index is 2.45. The van der Waals surface area contributed by atoms with Gasteiger partial charge in [0.25, 0.3) is 0 Å². The fourth-order valence-corrected chi connectivity index (χ4v) is 2.39. The van der Waals surface area contributed by atoms with E-state index in [0.717, 1.165) is 11.3 Å². The topological polar surface area (TPSA) is 63.1 Å². The highest BCUT2D eigenvalue weighted by molar-refractivity contribution is 5.87. The molecule has 1 aromatic heterocycles. The maximum absolute atomic E-state index is 10.9. The van der Waals surface area contributed by atoms with Crippen LogP contribution in [0.1, 0.15) is 48.3 Å². The number of carboxylic acid groups (broad SMARTS) is 1. The Morgan fingerprint density at radius 2 is 1.80 bits per heavy atom. The highest BCUT2D eigenvalue weighted by Crippen LogP contribution is 2.39. The van der Waals surface area contributed by atoms with Crippen molar-refractivity contribution < 1.29 is 9.90 Å². The molecule has 4 nitrogen and oxygen atoms in total. The van der Waals surface area contributed by atoms with Crippen LogP contribution < -0.4 is 0 Å². The van der Waals surface area contributed by atoms with E-state index in [9.17, 15) is 4.79 Å². The second-order valence-corrected chi connectivity index (χ2v) is 5.86. The Morgan fingerprint density at radius 3 is 2.25 bits per heavy atom. The maximum Gasteiger partial charge on any atom is 0.335 e. The molecule has 1 atom stereocenters. The van der Waals surface area contributed by atoms with Crippen molar-refractivity contribution in [1.29, 1.82) is 0 Å². The molecule has 1 aromatic carbocycles. The number of aromatic carboxylic acids is 1. The van der Waals surface area contributed by atoms with E-state index in [1.807, 2.05) is 12.1 Å². The molecule has 4 heteroatoms. The lowest BCUT2D eigenvalue weighted by Gasteiger charge is -2.30. The zero-order valence-electron chi connectivity index (χ0n) is 11.9. The summed E-state index contributed by atoms with van der Waals surface area (Å²) in [6, 6.07) is 6.97. The fourth-order valence-electron chi connectivity index (χ4n) is 2.39. The number of carbonyl (C=O) groups is 1. The van der Waals surface area contributed by atoms with Crippen molar-refractivity contribution in [3.8, 4) is 0 Å². The summed E-state index contributed by atoms with van der Waals surface area (Å²) in [6.07, 6.45) is 5.09. The van der Waals surface area contributed by atoms with Gasteiger partial charge in [-0.25, -0.2) is 4.79 Å². The molecule has 0 bridgehead atoms. The largest absolute Gasteiger partial charge is 0.478 e. The fraction of sp³-hybridized carbons (Fsp3) is 0.312. The second kappa shape index (κ2) is 5.41. The van der Waals surface area contributed by atoms with E-state index in [2.05, 4.69) is 30.7 Å². The first-order valence-electron chi connectivity index (χ1n) is 6.49. The molecule has 1 heterocycles. The van der Waals surface area contributed by atoms with Gasteiger partial charge in [-0.2, -0.15) is 0 Å². The van der Waals surface area contributed by atoms with Gasteiger partial charge in [-0.3, -0.25) is 9.97 Å². The lowest BCUT2D eigenvalue weighted by Crippen LogP contribution is -2.21. The minimum Gasteiger partial charge on any atom is -0.478 e. The molecule has 0 radical (unpaired) electrons. The van der Waals surface area contributed by atoms with E-state index >= 15 is 0 Å². The summed E-state index contributed by atoms with van der Waals surface area (Å²) in [7, 11) is 0. The molecule has 2 rings (SSSR count). The van der Waals surface area contributed by atoms with Crippen molar-refractivity contribution in [2.24, 2.45) is 5.41 Å². The normalized spacial score (nSPS) is 12.9. The Labute approximate surface area is 118 Å². The van der Waals surface area contributed by atoms with E-state index in [1.165, 1.54) is 0 Å². The summed E-state index contributed by atoms with van der Waals surface area (Å²) in [6.45, 7) is 6.41. The smallest absolute Gasteiger partial charge is 0.335 e. The Morgan fingerprint density at radius 1 is 1.15 bits per heavy atom. The molecule has 0 saturated carbocycles. The number of rotatable bonds is 3. The van der Waals surface area contributed by atoms with Crippen LogP contribution in [-0.2, 0) is 0 Å². The van der Waals surface area contributed by atoms with Crippen LogP contribution in [0.15, 0.2) is 42.9 Å². The predicted octanol–water partition coefficient (Wildman–Crippen LogP) is 3.35. The zero-order chi connectivity index (χ0) is 14.8. The SMILES string of the molecule is CC(C)(C)C(c1ccc(C(=O)O)cc1)c1cnccn1. The molecule has 1 N–H and O–H groups in total. The minimum absolute atomic E-state index is 0.0409. The lowest BCUT2D eigenvalue weighted by atomic mass is 9.74. The second-order valence-electron chi connectivity index (χ2n) is 5.86. The lowest BCUT2D eigenvalue weighted by molar-refractivity contribution is 0.0697. The Kier molecular flexibility index (Phi) is 3.84. The van der Waals surface area contributed by atoms with E-state index in [1.54, 1.807) is 30.7 Å². The zero-order valence-corrected chi connectivity index (χ0v) is 11.9. The van der Waals surface area contributed by atoms with Crippen molar-refractivity contribution in [3.63, 3.8) is 0 Å². The van der Waals surface area contributed by atoms with Crippen LogP contribution in [-0.4, -0.2) is 21.0 Å². The van der Waals surface area contributed by atoms with Gasteiger partial charge in [0.15, 0.2) is 0 Å². The van der Waals surface area contributed by atoms with Crippen LogP contribution in [0.3, 0.4) is 0 Å². The number of hydrogen-bond donors (Lipinski definition) is 1. The predicted molar refractivity (Wildman–Crippen MR) is 76.7 cm³/mol. The summed E-state index contributed by atoms with van der Waals surface area (Å²) in [5.41, 5.74) is 2.19. The average Bonchev–Trinajstić information content (AvgIpc) is 2.39. The number of carboxylic acids is 1. The quantitative estimate of drug-likeness (QED) is 0.929. The van der Waals surface area contributed by atoms with Gasteiger partial charge >= 0.3 is 5.97 Å². The number of hydrogen-bond acceptors (Lipinski definition) is 3. The Bertz CT molecular complexity index is 586. The monoisotopic (exact) mass is 270 g/mol. The first kappa shape index (κ1) is 14.2. The molecule has 2 aromatic rings. The highest BCUT2D eigenvalue weighted by atomic mass is 16.4. The highest BCUT2D eigenvalue weighted by Gasteiger charge is 2.29. The van der Waals surface area contributed by atoms with Gasteiger partial charge in [0, 0.05) is 24.5 Å². The van der Waals surface area contributed by atoms with Crippen molar-refractivity contribution in [3.05, 3.63) is 59.7 Å². The molecule has 0 aliphatic carbocycles. The molecule has 104 valence electrons. The van der Waals surface area contributed by atoms with Crippen molar-refractivity contribution in [2.45, 2.75) is 26.7 Å². The molecular weight excluding hydrogens is 252 g/mol.